The molecule has 0 fully saturated rings. The van der Waals surface area contributed by atoms with Gasteiger partial charge in [-0.15, -0.1) is 0 Å². The van der Waals surface area contributed by atoms with Crippen LogP contribution in [0.5, 0.6) is 0 Å². The van der Waals surface area contributed by atoms with Crippen LogP contribution in [-0.4, -0.2) is 28.0 Å². The zero-order valence-electron chi connectivity index (χ0n) is 14.4. The number of hydrogen-bond donors (Lipinski definition) is 3. The molecule has 1 aliphatic rings. The number of benzene rings is 1. The molecule has 0 saturated carbocycles. The third-order valence-electron chi connectivity index (χ3n) is 4.99. The van der Waals surface area contributed by atoms with Crippen LogP contribution in [0, 0.1) is 0 Å². The summed E-state index contributed by atoms with van der Waals surface area (Å²) in [6, 6.07) is 1.22. The SMILES string of the molecule is C[C@H]1C(=O)NCCc2c1c1c(C(C)(O)C(N)=O)cc(Cl)c(Cl)c1n2C(F)F. The normalized spacial score (nSPS) is 19.6. The number of hydrogen-bond acceptors (Lipinski definition) is 3. The van der Waals surface area contributed by atoms with Crippen molar-refractivity contribution in [2.24, 2.45) is 5.73 Å². The summed E-state index contributed by atoms with van der Waals surface area (Å²) in [5.74, 6) is -2.27. The average molecular weight is 420 g/mol. The van der Waals surface area contributed by atoms with Crippen molar-refractivity contribution in [1.29, 1.82) is 0 Å². The van der Waals surface area contributed by atoms with Gasteiger partial charge in [-0.3, -0.25) is 14.2 Å². The molecule has 146 valence electrons. The Morgan fingerprint density at radius 3 is 2.67 bits per heavy atom. The molecule has 3 rings (SSSR count). The first-order valence-corrected chi connectivity index (χ1v) is 8.89. The highest BCUT2D eigenvalue weighted by Gasteiger charge is 2.39. The Morgan fingerprint density at radius 1 is 1.48 bits per heavy atom. The summed E-state index contributed by atoms with van der Waals surface area (Å²) in [4.78, 5) is 24.2. The number of halogens is 4. The van der Waals surface area contributed by atoms with Crippen LogP contribution in [0.3, 0.4) is 0 Å². The molecular formula is C17H17Cl2F2N3O3. The van der Waals surface area contributed by atoms with Gasteiger partial charge in [0.25, 0.3) is 5.91 Å². The van der Waals surface area contributed by atoms with Gasteiger partial charge in [0, 0.05) is 29.6 Å². The molecule has 2 atom stereocenters. The first kappa shape index (κ1) is 19.9. The highest BCUT2D eigenvalue weighted by atomic mass is 35.5. The summed E-state index contributed by atoms with van der Waals surface area (Å²) in [5.41, 5.74) is 3.36. The van der Waals surface area contributed by atoms with Gasteiger partial charge >= 0.3 is 6.55 Å². The van der Waals surface area contributed by atoms with Crippen LogP contribution in [0.15, 0.2) is 6.07 Å². The minimum atomic E-state index is -2.97. The lowest BCUT2D eigenvalue weighted by molar-refractivity contribution is -0.135. The summed E-state index contributed by atoms with van der Waals surface area (Å²) in [6.45, 7) is -0.118. The summed E-state index contributed by atoms with van der Waals surface area (Å²) in [6.07, 6.45) is 0.122. The summed E-state index contributed by atoms with van der Waals surface area (Å²) >= 11 is 12.3. The van der Waals surface area contributed by atoms with Gasteiger partial charge in [-0.1, -0.05) is 23.2 Å². The number of aromatic nitrogens is 1. The zero-order chi connectivity index (χ0) is 20.3. The predicted molar refractivity (Wildman–Crippen MR) is 97.1 cm³/mol. The Kier molecular flexibility index (Phi) is 4.86. The van der Waals surface area contributed by atoms with Gasteiger partial charge in [0.1, 0.15) is 0 Å². The zero-order valence-corrected chi connectivity index (χ0v) is 16.0. The Balaban J connectivity index is 2.59. The van der Waals surface area contributed by atoms with E-state index in [1.54, 1.807) is 6.92 Å². The van der Waals surface area contributed by atoms with Crippen LogP contribution in [0.25, 0.3) is 10.9 Å². The smallest absolute Gasteiger partial charge is 0.319 e. The van der Waals surface area contributed by atoms with E-state index in [9.17, 15) is 23.5 Å². The van der Waals surface area contributed by atoms with Gasteiger partial charge in [0.2, 0.25) is 5.91 Å². The number of nitrogens with two attached hydrogens (primary N) is 1. The fourth-order valence-corrected chi connectivity index (χ4v) is 4.00. The van der Waals surface area contributed by atoms with Gasteiger partial charge in [0.05, 0.1) is 21.5 Å². The summed E-state index contributed by atoms with van der Waals surface area (Å²) in [5, 5.41) is 13.1. The van der Waals surface area contributed by atoms with Crippen LogP contribution in [-0.2, 0) is 21.6 Å². The Morgan fingerprint density at radius 2 is 2.11 bits per heavy atom. The van der Waals surface area contributed by atoms with Gasteiger partial charge < -0.3 is 16.2 Å². The molecule has 1 aromatic carbocycles. The molecule has 0 spiro atoms. The molecule has 27 heavy (non-hydrogen) atoms. The minimum Gasteiger partial charge on any atom is -0.376 e. The number of fused-ring (bicyclic) bond motifs is 3. The van der Waals surface area contributed by atoms with Gasteiger partial charge in [0.15, 0.2) is 5.60 Å². The van der Waals surface area contributed by atoms with Crippen molar-refractivity contribution in [3.8, 4) is 0 Å². The number of nitrogens with zero attached hydrogens (tertiary/aromatic N) is 1. The van der Waals surface area contributed by atoms with Crippen LogP contribution < -0.4 is 11.1 Å². The van der Waals surface area contributed by atoms with E-state index < -0.39 is 24.0 Å². The van der Waals surface area contributed by atoms with Crippen LogP contribution >= 0.6 is 23.2 Å². The Labute approximate surface area is 163 Å². The second-order valence-corrected chi connectivity index (χ2v) is 7.44. The van der Waals surface area contributed by atoms with Crippen LogP contribution in [0.2, 0.25) is 10.0 Å². The maximum atomic E-state index is 14.0. The topological polar surface area (TPSA) is 97.3 Å². The molecule has 0 aliphatic carbocycles. The van der Waals surface area contributed by atoms with Crippen molar-refractivity contribution in [2.45, 2.75) is 38.3 Å². The number of amides is 2. The van der Waals surface area contributed by atoms with E-state index in [4.69, 9.17) is 28.9 Å². The molecule has 2 amide bonds. The van der Waals surface area contributed by atoms with E-state index in [1.807, 2.05) is 0 Å². The lowest BCUT2D eigenvalue weighted by Crippen LogP contribution is -2.38. The lowest BCUT2D eigenvalue weighted by atomic mass is 9.87. The van der Waals surface area contributed by atoms with Crippen molar-refractivity contribution in [2.75, 3.05) is 6.54 Å². The maximum absolute atomic E-state index is 14.0. The molecule has 2 aromatic rings. The van der Waals surface area contributed by atoms with E-state index in [1.165, 1.54) is 6.07 Å². The molecule has 6 nitrogen and oxygen atoms in total. The average Bonchev–Trinajstić information content (AvgIpc) is 2.84. The van der Waals surface area contributed by atoms with Crippen molar-refractivity contribution in [3.05, 3.63) is 32.9 Å². The molecule has 0 bridgehead atoms. The third-order valence-corrected chi connectivity index (χ3v) is 5.77. The predicted octanol–water partition coefficient (Wildman–Crippen LogP) is 2.81. The van der Waals surface area contributed by atoms with E-state index in [-0.39, 0.29) is 56.6 Å². The summed E-state index contributed by atoms with van der Waals surface area (Å²) in [7, 11) is 0. The first-order valence-electron chi connectivity index (χ1n) is 8.13. The van der Waals surface area contributed by atoms with Gasteiger partial charge in [-0.05, 0) is 25.5 Å². The monoisotopic (exact) mass is 419 g/mol. The van der Waals surface area contributed by atoms with E-state index in [2.05, 4.69) is 5.32 Å². The fourth-order valence-electron chi connectivity index (χ4n) is 3.56. The van der Waals surface area contributed by atoms with Gasteiger partial charge in [-0.25, -0.2) is 0 Å². The first-order chi connectivity index (χ1) is 12.5. The van der Waals surface area contributed by atoms with Crippen molar-refractivity contribution < 1.29 is 23.5 Å². The molecule has 4 N–H and O–H groups in total. The third kappa shape index (κ3) is 2.86. The number of carbonyl (C=O) groups is 2. The van der Waals surface area contributed by atoms with Crippen molar-refractivity contribution >= 4 is 45.9 Å². The van der Waals surface area contributed by atoms with E-state index in [0.717, 1.165) is 6.92 Å². The second-order valence-electron chi connectivity index (χ2n) is 6.65. The second kappa shape index (κ2) is 6.61. The Bertz CT molecular complexity index is 972. The number of primary amides is 1. The number of rotatable bonds is 3. The molecule has 2 heterocycles. The van der Waals surface area contributed by atoms with Gasteiger partial charge in [-0.2, -0.15) is 8.78 Å². The highest BCUT2D eigenvalue weighted by Crippen LogP contribution is 2.46. The molecule has 0 saturated heterocycles. The number of nitrogens with one attached hydrogen (secondary N) is 1. The van der Waals surface area contributed by atoms with Crippen molar-refractivity contribution in [1.82, 2.24) is 9.88 Å². The highest BCUT2D eigenvalue weighted by molar-refractivity contribution is 6.45. The summed E-state index contributed by atoms with van der Waals surface area (Å²) < 4.78 is 28.7. The molecule has 1 unspecified atom stereocenters. The minimum absolute atomic E-state index is 0.0726. The molecule has 10 heteroatoms. The molecule has 1 aliphatic heterocycles. The maximum Gasteiger partial charge on any atom is 0.319 e. The van der Waals surface area contributed by atoms with Crippen LogP contribution in [0.4, 0.5) is 8.78 Å². The largest absolute Gasteiger partial charge is 0.376 e. The molecule has 1 aromatic heterocycles. The number of alkyl halides is 2. The van der Waals surface area contributed by atoms with E-state index in [0.29, 0.717) is 4.57 Å². The fraction of sp³-hybridized carbons (Fsp3) is 0.412. The number of aliphatic hydroxyl groups is 1. The standard InChI is InChI=1S/C17H17Cl2F2N3O3/c1-6-10-9(3-4-23-14(6)25)24(16(20)21)13-11(10)7(5-8(18)12(13)19)17(2,27)15(22)26/h5-6,16,27H,3-4H2,1-2H3,(H2,22,26)(H,23,25)/t6-,17?/m1/s1. The van der Waals surface area contributed by atoms with Crippen molar-refractivity contribution in [3.63, 3.8) is 0 Å². The Hall–Kier alpha value is -1.90. The number of carbonyl (C=O) groups excluding carboxylic acids is 2. The molecule has 0 radical (unpaired) electrons. The molecular weight excluding hydrogens is 403 g/mol. The van der Waals surface area contributed by atoms with E-state index >= 15 is 0 Å². The lowest BCUT2D eigenvalue weighted by Gasteiger charge is -2.23. The van der Waals surface area contributed by atoms with Crippen LogP contribution in [0.1, 0.15) is 43.1 Å². The quantitative estimate of drug-likeness (QED) is 0.713.